The monoisotopic (exact) mass is 218 g/mol. The van der Waals surface area contributed by atoms with Crippen LogP contribution in [0.2, 0.25) is 5.15 Å². The van der Waals surface area contributed by atoms with Crippen molar-refractivity contribution < 1.29 is 0 Å². The van der Waals surface area contributed by atoms with Crippen LogP contribution in [0.4, 0.5) is 0 Å². The number of aromatic nitrogens is 2. The third-order valence-corrected chi connectivity index (χ3v) is 2.61. The molecule has 0 aliphatic heterocycles. The summed E-state index contributed by atoms with van der Waals surface area (Å²) in [6, 6.07) is 10.1. The number of benzene rings is 1. The normalized spacial score (nSPS) is 10.3. The summed E-state index contributed by atoms with van der Waals surface area (Å²) in [7, 11) is 0. The molecule has 1 aromatic carbocycles. The lowest BCUT2D eigenvalue weighted by molar-refractivity contribution is 1.02. The van der Waals surface area contributed by atoms with E-state index in [1.165, 1.54) is 5.56 Å². The minimum Gasteiger partial charge on any atom is -0.149 e. The highest BCUT2D eigenvalue weighted by atomic mass is 35.5. The van der Waals surface area contributed by atoms with Gasteiger partial charge in [-0.2, -0.15) is 0 Å². The van der Waals surface area contributed by atoms with Gasteiger partial charge in [0.05, 0.1) is 5.69 Å². The van der Waals surface area contributed by atoms with Crippen molar-refractivity contribution in [2.75, 3.05) is 0 Å². The molecule has 0 unspecified atom stereocenters. The van der Waals surface area contributed by atoms with Gasteiger partial charge in [-0.3, -0.25) is 0 Å². The summed E-state index contributed by atoms with van der Waals surface area (Å²) < 4.78 is 0. The predicted octanol–water partition coefficient (Wildman–Crippen LogP) is 3.41. The maximum absolute atomic E-state index is 5.83. The summed E-state index contributed by atoms with van der Waals surface area (Å²) in [4.78, 5) is 0. The Labute approximate surface area is 93.9 Å². The molecule has 0 spiro atoms. The SMILES string of the molecule is Cc1cccc(-c2cc(C)c(Cl)nn2)c1. The van der Waals surface area contributed by atoms with Crippen LogP contribution in [0.5, 0.6) is 0 Å². The van der Waals surface area contributed by atoms with Gasteiger partial charge in [0.15, 0.2) is 5.15 Å². The average Bonchev–Trinajstić information content (AvgIpc) is 2.22. The molecule has 15 heavy (non-hydrogen) atoms. The van der Waals surface area contributed by atoms with Crippen molar-refractivity contribution in [1.29, 1.82) is 0 Å². The van der Waals surface area contributed by atoms with Crippen LogP contribution in [0.3, 0.4) is 0 Å². The van der Waals surface area contributed by atoms with E-state index in [9.17, 15) is 0 Å². The molecular weight excluding hydrogens is 208 g/mol. The van der Waals surface area contributed by atoms with Crippen molar-refractivity contribution in [3.8, 4) is 11.3 Å². The number of nitrogens with zero attached hydrogens (tertiary/aromatic N) is 2. The molecule has 0 radical (unpaired) electrons. The predicted molar refractivity (Wildman–Crippen MR) is 62.0 cm³/mol. The van der Waals surface area contributed by atoms with Crippen molar-refractivity contribution in [2.24, 2.45) is 0 Å². The third kappa shape index (κ3) is 2.16. The van der Waals surface area contributed by atoms with E-state index in [4.69, 9.17) is 11.6 Å². The van der Waals surface area contributed by atoms with Crippen molar-refractivity contribution in [3.05, 3.63) is 46.6 Å². The molecule has 1 heterocycles. The fraction of sp³-hybridized carbons (Fsp3) is 0.167. The van der Waals surface area contributed by atoms with Gasteiger partial charge in [-0.25, -0.2) is 0 Å². The molecule has 0 saturated heterocycles. The van der Waals surface area contributed by atoms with E-state index in [0.29, 0.717) is 5.15 Å². The Morgan fingerprint density at radius 1 is 1.07 bits per heavy atom. The molecule has 2 nitrogen and oxygen atoms in total. The van der Waals surface area contributed by atoms with Crippen LogP contribution in [-0.2, 0) is 0 Å². The molecular formula is C12H11ClN2. The summed E-state index contributed by atoms with van der Waals surface area (Å²) in [6.45, 7) is 3.98. The van der Waals surface area contributed by atoms with Crippen molar-refractivity contribution in [3.63, 3.8) is 0 Å². The van der Waals surface area contributed by atoms with Gasteiger partial charge in [0.2, 0.25) is 0 Å². The van der Waals surface area contributed by atoms with Crippen LogP contribution in [0.15, 0.2) is 30.3 Å². The Bertz CT molecular complexity index is 495. The van der Waals surface area contributed by atoms with Gasteiger partial charge in [-0.1, -0.05) is 35.4 Å². The lowest BCUT2D eigenvalue weighted by atomic mass is 10.1. The molecule has 3 heteroatoms. The maximum Gasteiger partial charge on any atom is 0.154 e. The summed E-state index contributed by atoms with van der Waals surface area (Å²) >= 11 is 5.83. The van der Waals surface area contributed by atoms with E-state index in [2.05, 4.69) is 29.3 Å². The fourth-order valence-electron chi connectivity index (χ4n) is 1.42. The van der Waals surface area contributed by atoms with E-state index in [1.807, 2.05) is 25.1 Å². The molecule has 0 fully saturated rings. The third-order valence-electron chi connectivity index (χ3n) is 2.24. The Kier molecular flexibility index (Phi) is 2.69. The van der Waals surface area contributed by atoms with Gasteiger partial charge < -0.3 is 0 Å². The number of hydrogen-bond acceptors (Lipinski definition) is 2. The molecule has 2 rings (SSSR count). The smallest absolute Gasteiger partial charge is 0.149 e. The number of aryl methyl sites for hydroxylation is 2. The molecule has 0 amide bonds. The van der Waals surface area contributed by atoms with Crippen molar-refractivity contribution >= 4 is 11.6 Å². The fourth-order valence-corrected chi connectivity index (χ4v) is 1.51. The lowest BCUT2D eigenvalue weighted by Gasteiger charge is -2.02. The van der Waals surface area contributed by atoms with E-state index < -0.39 is 0 Å². The molecule has 2 aromatic rings. The zero-order chi connectivity index (χ0) is 10.8. The first-order valence-electron chi connectivity index (χ1n) is 4.73. The van der Waals surface area contributed by atoms with E-state index in [1.54, 1.807) is 0 Å². The number of hydrogen-bond donors (Lipinski definition) is 0. The second-order valence-electron chi connectivity index (χ2n) is 3.57. The highest BCUT2D eigenvalue weighted by molar-refractivity contribution is 6.30. The Morgan fingerprint density at radius 3 is 2.53 bits per heavy atom. The maximum atomic E-state index is 5.83. The van der Waals surface area contributed by atoms with E-state index in [0.717, 1.165) is 16.8 Å². The van der Waals surface area contributed by atoms with Gasteiger partial charge in [0.1, 0.15) is 0 Å². The highest BCUT2D eigenvalue weighted by Gasteiger charge is 2.03. The average molecular weight is 219 g/mol. The van der Waals surface area contributed by atoms with Gasteiger partial charge in [0, 0.05) is 5.56 Å². The first-order chi connectivity index (χ1) is 7.16. The van der Waals surface area contributed by atoms with Crippen LogP contribution >= 0.6 is 11.6 Å². The van der Waals surface area contributed by atoms with Gasteiger partial charge >= 0.3 is 0 Å². The van der Waals surface area contributed by atoms with Crippen molar-refractivity contribution in [1.82, 2.24) is 10.2 Å². The van der Waals surface area contributed by atoms with Gasteiger partial charge in [0.25, 0.3) is 0 Å². The van der Waals surface area contributed by atoms with Crippen LogP contribution in [0.1, 0.15) is 11.1 Å². The quantitative estimate of drug-likeness (QED) is 0.733. The largest absolute Gasteiger partial charge is 0.154 e. The van der Waals surface area contributed by atoms with Crippen molar-refractivity contribution in [2.45, 2.75) is 13.8 Å². The molecule has 0 atom stereocenters. The molecule has 0 aliphatic carbocycles. The Balaban J connectivity index is 2.50. The number of rotatable bonds is 1. The molecule has 0 aliphatic rings. The van der Waals surface area contributed by atoms with Crippen LogP contribution in [0.25, 0.3) is 11.3 Å². The molecule has 0 bridgehead atoms. The lowest BCUT2D eigenvalue weighted by Crippen LogP contribution is -1.91. The van der Waals surface area contributed by atoms with Gasteiger partial charge in [-0.05, 0) is 31.5 Å². The summed E-state index contributed by atoms with van der Waals surface area (Å²) in [6.07, 6.45) is 0. The van der Waals surface area contributed by atoms with Crippen LogP contribution in [0, 0.1) is 13.8 Å². The number of halogens is 1. The van der Waals surface area contributed by atoms with Gasteiger partial charge in [-0.15, -0.1) is 10.2 Å². The first-order valence-corrected chi connectivity index (χ1v) is 5.11. The van der Waals surface area contributed by atoms with E-state index in [-0.39, 0.29) is 0 Å². The summed E-state index contributed by atoms with van der Waals surface area (Å²) in [5, 5.41) is 8.43. The molecule has 0 saturated carbocycles. The topological polar surface area (TPSA) is 25.8 Å². The summed E-state index contributed by atoms with van der Waals surface area (Å²) in [5.74, 6) is 0. The van der Waals surface area contributed by atoms with Crippen LogP contribution in [-0.4, -0.2) is 10.2 Å². The molecule has 1 aromatic heterocycles. The summed E-state index contributed by atoms with van der Waals surface area (Å²) in [5.41, 5.74) is 4.09. The first kappa shape index (κ1) is 10.1. The zero-order valence-corrected chi connectivity index (χ0v) is 9.42. The second kappa shape index (κ2) is 3.99. The molecule has 76 valence electrons. The van der Waals surface area contributed by atoms with Crippen LogP contribution < -0.4 is 0 Å². The second-order valence-corrected chi connectivity index (χ2v) is 3.93. The molecule has 0 N–H and O–H groups in total. The Hall–Kier alpha value is -1.41. The highest BCUT2D eigenvalue weighted by Crippen LogP contribution is 2.20. The Morgan fingerprint density at radius 2 is 1.87 bits per heavy atom. The minimum atomic E-state index is 0.464. The zero-order valence-electron chi connectivity index (χ0n) is 8.66. The van der Waals surface area contributed by atoms with E-state index >= 15 is 0 Å². The minimum absolute atomic E-state index is 0.464. The standard InChI is InChI=1S/C12H11ClN2/c1-8-4-3-5-10(6-8)11-7-9(2)12(13)15-14-11/h3-7H,1-2H3.